The van der Waals surface area contributed by atoms with Crippen LogP contribution in [0, 0.1) is 0 Å². The molecule has 0 unspecified atom stereocenters. The molecule has 0 aliphatic carbocycles. The molecule has 1 saturated heterocycles. The van der Waals surface area contributed by atoms with E-state index in [1.165, 1.54) is 24.1 Å². The first-order chi connectivity index (χ1) is 8.49. The van der Waals surface area contributed by atoms with Gasteiger partial charge in [-0.3, -0.25) is 9.69 Å². The minimum absolute atomic E-state index is 0.0655. The van der Waals surface area contributed by atoms with Gasteiger partial charge in [0.05, 0.1) is 5.56 Å². The summed E-state index contributed by atoms with van der Waals surface area (Å²) in [5.74, 6) is -1.23. The van der Waals surface area contributed by atoms with E-state index in [1.807, 2.05) is 0 Å². The van der Waals surface area contributed by atoms with Crippen molar-refractivity contribution in [2.24, 2.45) is 0 Å². The van der Waals surface area contributed by atoms with E-state index in [2.05, 4.69) is 0 Å². The van der Waals surface area contributed by atoms with Crippen LogP contribution in [0.25, 0.3) is 0 Å². The highest BCUT2D eigenvalue weighted by molar-refractivity contribution is 6.01. The first-order valence-electron chi connectivity index (χ1n) is 5.36. The van der Waals surface area contributed by atoms with Gasteiger partial charge in [-0.2, -0.15) is 0 Å². The van der Waals surface area contributed by atoms with Crippen LogP contribution in [0.3, 0.4) is 0 Å². The Balaban J connectivity index is 2.08. The van der Waals surface area contributed by atoms with E-state index < -0.39 is 5.97 Å². The number of hydrogen-bond donors (Lipinski definition) is 1. The fraction of sp³-hybridized carbons (Fsp3) is 0.250. The van der Waals surface area contributed by atoms with E-state index in [0.29, 0.717) is 6.54 Å². The number of hydrogen-bond acceptors (Lipinski definition) is 3. The van der Waals surface area contributed by atoms with Gasteiger partial charge in [-0.15, -0.1) is 0 Å². The second kappa shape index (κ2) is 4.48. The van der Waals surface area contributed by atoms with E-state index in [-0.39, 0.29) is 24.0 Å². The number of likely N-dealkylation sites (N-methyl/N-ethyl adjacent to an activating group) is 1. The maximum atomic E-state index is 11.6. The third kappa shape index (κ3) is 2.17. The Bertz CT molecular complexity index is 509. The van der Waals surface area contributed by atoms with Gasteiger partial charge in [-0.1, -0.05) is 12.1 Å². The molecule has 6 nitrogen and oxygen atoms in total. The minimum Gasteiger partial charge on any atom is -0.478 e. The summed E-state index contributed by atoms with van der Waals surface area (Å²) < 4.78 is 0. The zero-order valence-corrected chi connectivity index (χ0v) is 9.79. The molecule has 0 atom stereocenters. The number of benzene rings is 1. The molecule has 1 N–H and O–H groups in total. The molecule has 1 heterocycles. The van der Waals surface area contributed by atoms with Crippen molar-refractivity contribution in [3.8, 4) is 0 Å². The third-order valence-corrected chi connectivity index (χ3v) is 2.83. The summed E-state index contributed by atoms with van der Waals surface area (Å²) in [4.78, 5) is 36.1. The molecule has 0 spiro atoms. The summed E-state index contributed by atoms with van der Waals surface area (Å²) in [6, 6.07) is 5.90. The summed E-state index contributed by atoms with van der Waals surface area (Å²) in [5.41, 5.74) is 0.983. The van der Waals surface area contributed by atoms with Crippen LogP contribution in [0.1, 0.15) is 15.9 Å². The van der Waals surface area contributed by atoms with Crippen molar-refractivity contribution < 1.29 is 19.5 Å². The zero-order chi connectivity index (χ0) is 13.3. The SMILES string of the molecule is CN1C(=O)CN(Cc2ccc(C(=O)O)cc2)C1=O. The topological polar surface area (TPSA) is 77.9 Å². The van der Waals surface area contributed by atoms with Crippen LogP contribution in [-0.4, -0.2) is 46.4 Å². The van der Waals surface area contributed by atoms with E-state index in [0.717, 1.165) is 10.5 Å². The smallest absolute Gasteiger partial charge is 0.335 e. The molecule has 2 rings (SSSR count). The number of carbonyl (C=O) groups excluding carboxylic acids is 2. The quantitative estimate of drug-likeness (QED) is 0.802. The van der Waals surface area contributed by atoms with Crippen LogP contribution in [-0.2, 0) is 11.3 Å². The summed E-state index contributed by atoms with van der Waals surface area (Å²) in [6.45, 7) is 0.366. The molecule has 94 valence electrons. The van der Waals surface area contributed by atoms with Gasteiger partial charge in [-0.05, 0) is 17.7 Å². The molecule has 18 heavy (non-hydrogen) atoms. The largest absolute Gasteiger partial charge is 0.478 e. The molecule has 3 amide bonds. The number of urea groups is 1. The van der Waals surface area contributed by atoms with Gasteiger partial charge in [0.2, 0.25) is 5.91 Å². The summed E-state index contributed by atoms with van der Waals surface area (Å²) in [7, 11) is 1.44. The van der Waals surface area contributed by atoms with Gasteiger partial charge in [0.15, 0.2) is 0 Å². The van der Waals surface area contributed by atoms with Gasteiger partial charge in [-0.25, -0.2) is 9.59 Å². The van der Waals surface area contributed by atoms with Crippen molar-refractivity contribution in [3.05, 3.63) is 35.4 Å². The highest BCUT2D eigenvalue weighted by Gasteiger charge is 2.32. The number of nitrogens with zero attached hydrogens (tertiary/aromatic N) is 2. The maximum Gasteiger partial charge on any atom is 0.335 e. The maximum absolute atomic E-state index is 11.6. The van der Waals surface area contributed by atoms with Crippen molar-refractivity contribution in [2.45, 2.75) is 6.54 Å². The van der Waals surface area contributed by atoms with E-state index in [4.69, 9.17) is 5.11 Å². The lowest BCUT2D eigenvalue weighted by Crippen LogP contribution is -2.29. The predicted molar refractivity (Wildman–Crippen MR) is 62.0 cm³/mol. The van der Waals surface area contributed by atoms with Crippen molar-refractivity contribution in [1.29, 1.82) is 0 Å². The normalized spacial score (nSPS) is 15.4. The highest BCUT2D eigenvalue weighted by Crippen LogP contribution is 2.13. The molecule has 0 bridgehead atoms. The fourth-order valence-corrected chi connectivity index (χ4v) is 1.75. The molecule has 1 aromatic rings. The van der Waals surface area contributed by atoms with E-state index >= 15 is 0 Å². The molecule has 0 saturated carbocycles. The fourth-order valence-electron chi connectivity index (χ4n) is 1.75. The first kappa shape index (κ1) is 12.1. The van der Waals surface area contributed by atoms with Crippen molar-refractivity contribution in [2.75, 3.05) is 13.6 Å². The summed E-state index contributed by atoms with van der Waals surface area (Å²) >= 11 is 0. The average molecular weight is 248 g/mol. The molecule has 1 aliphatic heterocycles. The van der Waals surface area contributed by atoms with Crippen LogP contribution in [0.15, 0.2) is 24.3 Å². The number of carbonyl (C=O) groups is 3. The monoisotopic (exact) mass is 248 g/mol. The Labute approximate surface area is 103 Å². The Morgan fingerprint density at radius 2 is 1.89 bits per heavy atom. The van der Waals surface area contributed by atoms with Crippen LogP contribution >= 0.6 is 0 Å². The van der Waals surface area contributed by atoms with Gasteiger partial charge in [0.1, 0.15) is 6.54 Å². The Hall–Kier alpha value is -2.37. The second-order valence-electron chi connectivity index (χ2n) is 4.09. The Kier molecular flexibility index (Phi) is 3.01. The molecule has 1 fully saturated rings. The van der Waals surface area contributed by atoms with Gasteiger partial charge >= 0.3 is 12.0 Å². The summed E-state index contributed by atoms with van der Waals surface area (Å²) in [6.07, 6.45) is 0. The third-order valence-electron chi connectivity index (χ3n) is 2.83. The van der Waals surface area contributed by atoms with Crippen molar-refractivity contribution in [1.82, 2.24) is 9.80 Å². The molecule has 0 radical (unpaired) electrons. The Morgan fingerprint density at radius 3 is 2.33 bits per heavy atom. The molecule has 1 aliphatic rings. The van der Waals surface area contributed by atoms with Crippen LogP contribution in [0.2, 0.25) is 0 Å². The van der Waals surface area contributed by atoms with E-state index in [1.54, 1.807) is 12.1 Å². The lowest BCUT2D eigenvalue weighted by atomic mass is 10.1. The lowest BCUT2D eigenvalue weighted by molar-refractivity contribution is -0.124. The predicted octanol–water partition coefficient (Wildman–Crippen LogP) is 0.779. The number of carboxylic acids is 1. The number of rotatable bonds is 3. The number of imide groups is 1. The van der Waals surface area contributed by atoms with Gasteiger partial charge in [0.25, 0.3) is 0 Å². The Morgan fingerprint density at radius 1 is 1.28 bits per heavy atom. The van der Waals surface area contributed by atoms with Crippen molar-refractivity contribution >= 4 is 17.9 Å². The van der Waals surface area contributed by atoms with Crippen LogP contribution in [0.4, 0.5) is 4.79 Å². The molecular formula is C12H12N2O4. The average Bonchev–Trinajstić information content (AvgIpc) is 2.58. The summed E-state index contributed by atoms with van der Waals surface area (Å²) in [5, 5.41) is 8.76. The number of carboxylic acid groups (broad SMARTS) is 1. The number of amides is 3. The zero-order valence-electron chi connectivity index (χ0n) is 9.79. The van der Waals surface area contributed by atoms with Gasteiger partial charge < -0.3 is 10.0 Å². The van der Waals surface area contributed by atoms with Crippen LogP contribution in [0.5, 0.6) is 0 Å². The molecule has 1 aromatic carbocycles. The standard InChI is InChI=1S/C12H12N2O4/c1-13-10(15)7-14(12(13)18)6-8-2-4-9(5-3-8)11(16)17/h2-5H,6-7H2,1H3,(H,16,17). The van der Waals surface area contributed by atoms with E-state index in [9.17, 15) is 14.4 Å². The van der Waals surface area contributed by atoms with Crippen LogP contribution < -0.4 is 0 Å². The molecule has 0 aromatic heterocycles. The van der Waals surface area contributed by atoms with Gasteiger partial charge in [0, 0.05) is 13.6 Å². The second-order valence-corrected chi connectivity index (χ2v) is 4.09. The highest BCUT2D eigenvalue weighted by atomic mass is 16.4. The number of aromatic carboxylic acids is 1. The molecular weight excluding hydrogens is 236 g/mol. The molecule has 6 heteroatoms. The minimum atomic E-state index is -0.992. The van der Waals surface area contributed by atoms with Crippen molar-refractivity contribution in [3.63, 3.8) is 0 Å². The first-order valence-corrected chi connectivity index (χ1v) is 5.36. The lowest BCUT2D eigenvalue weighted by Gasteiger charge is -2.14.